The highest BCUT2D eigenvalue weighted by Crippen LogP contribution is 2.22. The second-order valence-corrected chi connectivity index (χ2v) is 4.67. The topological polar surface area (TPSA) is 48.8 Å². The zero-order chi connectivity index (χ0) is 13.4. The Balaban J connectivity index is 2.19. The maximum absolute atomic E-state index is 6.00. The average Bonchev–Trinajstić information content (AvgIpc) is 3.09. The SMILES string of the molecule is CCn1nc(C)c2nc(CCl)n(Cc3ccco3)c21. The quantitative estimate of drug-likeness (QED) is 0.690. The maximum Gasteiger partial charge on any atom is 0.159 e. The largest absolute Gasteiger partial charge is 0.467 e. The number of furan rings is 1. The van der Waals surface area contributed by atoms with Crippen molar-refractivity contribution in [1.29, 1.82) is 0 Å². The lowest BCUT2D eigenvalue weighted by atomic mass is 10.4. The average molecular weight is 279 g/mol. The van der Waals surface area contributed by atoms with Crippen LogP contribution in [0.15, 0.2) is 22.8 Å². The molecule has 5 nitrogen and oxygen atoms in total. The van der Waals surface area contributed by atoms with Crippen molar-refractivity contribution >= 4 is 22.8 Å². The minimum atomic E-state index is 0.374. The highest BCUT2D eigenvalue weighted by Gasteiger charge is 2.18. The number of hydrogen-bond donors (Lipinski definition) is 0. The molecule has 0 atom stereocenters. The first-order valence-electron chi connectivity index (χ1n) is 6.25. The summed E-state index contributed by atoms with van der Waals surface area (Å²) in [7, 11) is 0. The standard InChI is InChI=1S/C13H15ClN4O/c1-3-18-13-12(9(2)16-18)15-11(7-14)17(13)8-10-5-4-6-19-10/h4-6H,3,7-8H2,1-2H3. The van der Waals surface area contributed by atoms with Crippen molar-refractivity contribution in [3.8, 4) is 0 Å². The first-order chi connectivity index (χ1) is 9.24. The molecule has 0 bridgehead atoms. The summed E-state index contributed by atoms with van der Waals surface area (Å²) in [6.07, 6.45) is 1.67. The monoisotopic (exact) mass is 278 g/mol. The summed E-state index contributed by atoms with van der Waals surface area (Å²) in [5, 5.41) is 4.49. The van der Waals surface area contributed by atoms with Crippen LogP contribution in [0.5, 0.6) is 0 Å². The zero-order valence-corrected chi connectivity index (χ0v) is 11.7. The van der Waals surface area contributed by atoms with E-state index in [0.717, 1.165) is 35.0 Å². The smallest absolute Gasteiger partial charge is 0.159 e. The van der Waals surface area contributed by atoms with Gasteiger partial charge in [-0.25, -0.2) is 9.67 Å². The van der Waals surface area contributed by atoms with Crippen molar-refractivity contribution in [3.05, 3.63) is 35.7 Å². The van der Waals surface area contributed by atoms with Gasteiger partial charge in [0.2, 0.25) is 0 Å². The molecule has 0 unspecified atom stereocenters. The molecule has 3 heterocycles. The Kier molecular flexibility index (Phi) is 3.06. The Morgan fingerprint density at radius 3 is 2.89 bits per heavy atom. The van der Waals surface area contributed by atoms with Crippen molar-refractivity contribution in [1.82, 2.24) is 19.3 Å². The Bertz CT molecular complexity index is 696. The van der Waals surface area contributed by atoms with E-state index in [0.29, 0.717) is 12.4 Å². The molecular formula is C13H15ClN4O. The van der Waals surface area contributed by atoms with Gasteiger partial charge in [0.05, 0.1) is 24.4 Å². The van der Waals surface area contributed by atoms with E-state index in [9.17, 15) is 0 Å². The van der Waals surface area contributed by atoms with Gasteiger partial charge in [0, 0.05) is 6.54 Å². The van der Waals surface area contributed by atoms with Gasteiger partial charge in [-0.15, -0.1) is 11.6 Å². The van der Waals surface area contributed by atoms with Gasteiger partial charge in [0.15, 0.2) is 5.65 Å². The van der Waals surface area contributed by atoms with E-state index in [1.165, 1.54) is 0 Å². The lowest BCUT2D eigenvalue weighted by Crippen LogP contribution is -2.08. The second kappa shape index (κ2) is 4.74. The molecule has 0 fully saturated rings. The highest BCUT2D eigenvalue weighted by molar-refractivity contribution is 6.16. The zero-order valence-electron chi connectivity index (χ0n) is 10.9. The first-order valence-corrected chi connectivity index (χ1v) is 6.79. The molecule has 0 saturated heterocycles. The van der Waals surface area contributed by atoms with Crippen LogP contribution in [0.4, 0.5) is 0 Å². The van der Waals surface area contributed by atoms with Crippen molar-refractivity contribution in [2.75, 3.05) is 0 Å². The van der Waals surface area contributed by atoms with E-state index in [4.69, 9.17) is 16.0 Å². The molecule has 3 aromatic rings. The Morgan fingerprint density at radius 2 is 2.26 bits per heavy atom. The van der Waals surface area contributed by atoms with E-state index in [1.807, 2.05) is 23.7 Å². The number of fused-ring (bicyclic) bond motifs is 1. The van der Waals surface area contributed by atoms with Crippen molar-refractivity contribution in [3.63, 3.8) is 0 Å². The molecule has 3 aromatic heterocycles. The third-order valence-corrected chi connectivity index (χ3v) is 3.43. The van der Waals surface area contributed by atoms with Gasteiger partial charge in [0.1, 0.15) is 17.1 Å². The predicted molar refractivity (Wildman–Crippen MR) is 73.3 cm³/mol. The number of aryl methyl sites for hydroxylation is 2. The van der Waals surface area contributed by atoms with Gasteiger partial charge in [0.25, 0.3) is 0 Å². The summed E-state index contributed by atoms with van der Waals surface area (Å²) in [6.45, 7) is 5.46. The third kappa shape index (κ3) is 1.94. The predicted octanol–water partition coefficient (Wildman–Crippen LogP) is 2.94. The van der Waals surface area contributed by atoms with Crippen molar-refractivity contribution in [2.45, 2.75) is 32.8 Å². The lowest BCUT2D eigenvalue weighted by Gasteiger charge is -2.07. The second-order valence-electron chi connectivity index (χ2n) is 4.40. The molecule has 0 aromatic carbocycles. The summed E-state index contributed by atoms with van der Waals surface area (Å²) < 4.78 is 9.44. The Hall–Kier alpha value is -1.75. The van der Waals surface area contributed by atoms with Crippen LogP contribution >= 0.6 is 11.6 Å². The Morgan fingerprint density at radius 1 is 1.42 bits per heavy atom. The molecule has 0 aliphatic carbocycles. The summed E-state index contributed by atoms with van der Waals surface area (Å²) in [5.41, 5.74) is 2.86. The van der Waals surface area contributed by atoms with Crippen LogP contribution in [-0.4, -0.2) is 19.3 Å². The molecule has 0 N–H and O–H groups in total. The molecule has 0 radical (unpaired) electrons. The van der Waals surface area contributed by atoms with Gasteiger partial charge >= 0.3 is 0 Å². The number of aromatic nitrogens is 4. The fourth-order valence-electron chi connectivity index (χ4n) is 2.32. The molecule has 19 heavy (non-hydrogen) atoms. The minimum Gasteiger partial charge on any atom is -0.467 e. The molecule has 100 valence electrons. The molecule has 0 spiro atoms. The van der Waals surface area contributed by atoms with Crippen LogP contribution in [-0.2, 0) is 19.0 Å². The number of hydrogen-bond acceptors (Lipinski definition) is 3. The van der Waals surface area contributed by atoms with Crippen LogP contribution in [0.1, 0.15) is 24.2 Å². The highest BCUT2D eigenvalue weighted by atomic mass is 35.5. The number of nitrogens with zero attached hydrogens (tertiary/aromatic N) is 4. The fraction of sp³-hybridized carbons (Fsp3) is 0.385. The van der Waals surface area contributed by atoms with Crippen LogP contribution in [0, 0.1) is 6.92 Å². The van der Waals surface area contributed by atoms with E-state index >= 15 is 0 Å². The van der Waals surface area contributed by atoms with Gasteiger partial charge in [-0.05, 0) is 26.0 Å². The van der Waals surface area contributed by atoms with E-state index < -0.39 is 0 Å². The minimum absolute atomic E-state index is 0.374. The number of halogens is 1. The molecule has 0 aliphatic heterocycles. The molecule has 0 saturated carbocycles. The van der Waals surface area contributed by atoms with Crippen LogP contribution < -0.4 is 0 Å². The van der Waals surface area contributed by atoms with Crippen LogP contribution in [0.3, 0.4) is 0 Å². The molecular weight excluding hydrogens is 264 g/mol. The molecule has 6 heteroatoms. The van der Waals surface area contributed by atoms with E-state index in [-0.39, 0.29) is 0 Å². The van der Waals surface area contributed by atoms with E-state index in [2.05, 4.69) is 21.6 Å². The number of imidazole rings is 1. The van der Waals surface area contributed by atoms with Gasteiger partial charge in [-0.3, -0.25) is 0 Å². The normalized spacial score (nSPS) is 11.5. The number of rotatable bonds is 4. The van der Waals surface area contributed by atoms with Crippen LogP contribution in [0.25, 0.3) is 11.2 Å². The first kappa shape index (κ1) is 12.3. The summed E-state index contributed by atoms with van der Waals surface area (Å²) in [6, 6.07) is 3.83. The molecule has 3 rings (SSSR count). The van der Waals surface area contributed by atoms with E-state index in [1.54, 1.807) is 6.26 Å². The van der Waals surface area contributed by atoms with Crippen molar-refractivity contribution < 1.29 is 4.42 Å². The summed E-state index contributed by atoms with van der Waals surface area (Å²) in [5.74, 6) is 2.10. The maximum atomic E-state index is 6.00. The summed E-state index contributed by atoms with van der Waals surface area (Å²) >= 11 is 6.00. The van der Waals surface area contributed by atoms with Crippen LogP contribution in [0.2, 0.25) is 0 Å². The van der Waals surface area contributed by atoms with Gasteiger partial charge < -0.3 is 8.98 Å². The molecule has 0 amide bonds. The lowest BCUT2D eigenvalue weighted by molar-refractivity contribution is 0.489. The Labute approximate surface area is 115 Å². The number of alkyl halides is 1. The fourth-order valence-corrected chi connectivity index (χ4v) is 2.52. The van der Waals surface area contributed by atoms with Gasteiger partial charge in [-0.2, -0.15) is 5.10 Å². The van der Waals surface area contributed by atoms with Gasteiger partial charge in [-0.1, -0.05) is 0 Å². The van der Waals surface area contributed by atoms with Crippen molar-refractivity contribution in [2.24, 2.45) is 0 Å². The third-order valence-electron chi connectivity index (χ3n) is 3.19. The molecule has 0 aliphatic rings. The summed E-state index contributed by atoms with van der Waals surface area (Å²) in [4.78, 5) is 4.59.